The zero-order chi connectivity index (χ0) is 22.8. The number of hydrogen-bond donors (Lipinski definition) is 1. The number of nitrogens with zero attached hydrogens (tertiary/aromatic N) is 4. The first kappa shape index (κ1) is 21.9. The SMILES string of the molecule is Cc1cccc(NC(=O)CSc2nnc(C(C)N3C(=O)COc4ccccc43)n2C)c1C. The van der Waals surface area contributed by atoms with E-state index in [1.54, 1.807) is 4.90 Å². The van der Waals surface area contributed by atoms with Crippen LogP contribution < -0.4 is 15.0 Å². The molecule has 9 heteroatoms. The summed E-state index contributed by atoms with van der Waals surface area (Å²) in [4.78, 5) is 26.8. The van der Waals surface area contributed by atoms with Crippen LogP contribution in [-0.4, -0.2) is 38.9 Å². The molecule has 0 saturated heterocycles. The van der Waals surface area contributed by atoms with Crippen LogP contribution in [0, 0.1) is 13.8 Å². The summed E-state index contributed by atoms with van der Waals surface area (Å²) in [6, 6.07) is 12.9. The van der Waals surface area contributed by atoms with Gasteiger partial charge in [-0.05, 0) is 50.1 Å². The minimum Gasteiger partial charge on any atom is -0.482 e. The van der Waals surface area contributed by atoms with Gasteiger partial charge in [-0.15, -0.1) is 10.2 Å². The molecule has 2 aromatic carbocycles. The molecule has 1 aromatic heterocycles. The highest BCUT2D eigenvalue weighted by Crippen LogP contribution is 2.37. The first-order chi connectivity index (χ1) is 15.4. The molecule has 0 bridgehead atoms. The summed E-state index contributed by atoms with van der Waals surface area (Å²) in [5.41, 5.74) is 3.70. The summed E-state index contributed by atoms with van der Waals surface area (Å²) in [5, 5.41) is 12.1. The minimum absolute atomic E-state index is 0.0145. The number of fused-ring (bicyclic) bond motifs is 1. The lowest BCUT2D eigenvalue weighted by Crippen LogP contribution is -2.41. The highest BCUT2D eigenvalue weighted by molar-refractivity contribution is 7.99. The van der Waals surface area contributed by atoms with E-state index in [1.165, 1.54) is 11.8 Å². The smallest absolute Gasteiger partial charge is 0.265 e. The van der Waals surface area contributed by atoms with Gasteiger partial charge < -0.3 is 14.6 Å². The van der Waals surface area contributed by atoms with Crippen molar-refractivity contribution in [3.8, 4) is 5.75 Å². The van der Waals surface area contributed by atoms with E-state index in [4.69, 9.17) is 4.74 Å². The molecule has 0 aliphatic carbocycles. The van der Waals surface area contributed by atoms with Crippen LogP contribution in [-0.2, 0) is 16.6 Å². The van der Waals surface area contributed by atoms with Crippen molar-refractivity contribution in [3.05, 3.63) is 59.4 Å². The van der Waals surface area contributed by atoms with Gasteiger partial charge in [0.1, 0.15) is 5.75 Å². The molecule has 0 saturated carbocycles. The average molecular weight is 452 g/mol. The number of nitrogens with one attached hydrogen (secondary N) is 1. The van der Waals surface area contributed by atoms with Crippen molar-refractivity contribution in [2.45, 2.75) is 32.0 Å². The Kier molecular flexibility index (Phi) is 6.18. The van der Waals surface area contributed by atoms with Crippen molar-refractivity contribution in [1.82, 2.24) is 14.8 Å². The summed E-state index contributed by atoms with van der Waals surface area (Å²) in [7, 11) is 1.84. The number of benzene rings is 2. The lowest BCUT2D eigenvalue weighted by atomic mass is 10.1. The predicted molar refractivity (Wildman–Crippen MR) is 124 cm³/mol. The third-order valence-corrected chi connectivity index (χ3v) is 6.61. The van der Waals surface area contributed by atoms with E-state index in [2.05, 4.69) is 15.5 Å². The lowest BCUT2D eigenvalue weighted by molar-refractivity contribution is -0.121. The van der Waals surface area contributed by atoms with E-state index >= 15 is 0 Å². The number of rotatable bonds is 6. The van der Waals surface area contributed by atoms with E-state index in [-0.39, 0.29) is 30.2 Å². The van der Waals surface area contributed by atoms with E-state index in [1.807, 2.05) is 74.9 Å². The number of para-hydroxylation sites is 2. The van der Waals surface area contributed by atoms with Crippen molar-refractivity contribution < 1.29 is 14.3 Å². The first-order valence-corrected chi connectivity index (χ1v) is 11.3. The van der Waals surface area contributed by atoms with Gasteiger partial charge >= 0.3 is 0 Å². The second-order valence-corrected chi connectivity index (χ2v) is 8.62. The van der Waals surface area contributed by atoms with Gasteiger partial charge in [0.05, 0.1) is 17.5 Å². The molecule has 2 amide bonds. The Labute approximate surface area is 191 Å². The maximum absolute atomic E-state index is 12.6. The summed E-state index contributed by atoms with van der Waals surface area (Å²) >= 11 is 1.30. The van der Waals surface area contributed by atoms with Gasteiger partial charge in [0.25, 0.3) is 5.91 Å². The summed E-state index contributed by atoms with van der Waals surface area (Å²) < 4.78 is 7.36. The van der Waals surface area contributed by atoms with Gasteiger partial charge in [0.15, 0.2) is 17.6 Å². The van der Waals surface area contributed by atoms with Gasteiger partial charge in [-0.1, -0.05) is 36.0 Å². The van der Waals surface area contributed by atoms with Gasteiger partial charge in [-0.25, -0.2) is 0 Å². The number of anilines is 2. The number of carbonyl (C=O) groups is 2. The molecular formula is C23H25N5O3S. The molecule has 0 spiro atoms. The van der Waals surface area contributed by atoms with Gasteiger partial charge in [0, 0.05) is 12.7 Å². The summed E-state index contributed by atoms with van der Waals surface area (Å²) in [5.74, 6) is 1.25. The standard InChI is InChI=1S/C23H25N5O3S/c1-14-8-7-9-17(15(14)2)24-20(29)13-32-23-26-25-22(27(23)4)16(3)28-18-10-5-6-11-19(18)31-12-21(28)30/h5-11,16H,12-13H2,1-4H3,(H,24,29). The number of amides is 2. The van der Waals surface area contributed by atoms with Crippen LogP contribution in [0.4, 0.5) is 11.4 Å². The molecule has 1 N–H and O–H groups in total. The molecule has 0 fully saturated rings. The van der Waals surface area contributed by atoms with E-state index < -0.39 is 0 Å². The molecule has 166 valence electrons. The number of ether oxygens (including phenoxy) is 1. The second kappa shape index (κ2) is 9.04. The molecule has 1 atom stereocenters. The Morgan fingerprint density at radius 1 is 1.19 bits per heavy atom. The normalized spacial score (nSPS) is 14.0. The first-order valence-electron chi connectivity index (χ1n) is 10.3. The largest absolute Gasteiger partial charge is 0.482 e. The van der Waals surface area contributed by atoms with Crippen LogP contribution in [0.5, 0.6) is 5.75 Å². The van der Waals surface area contributed by atoms with Crippen LogP contribution in [0.25, 0.3) is 0 Å². The second-order valence-electron chi connectivity index (χ2n) is 7.68. The maximum Gasteiger partial charge on any atom is 0.265 e. The molecule has 3 aromatic rings. The van der Waals surface area contributed by atoms with Gasteiger partial charge in [-0.2, -0.15) is 0 Å². The molecular weight excluding hydrogens is 426 g/mol. The number of aromatic nitrogens is 3. The number of aryl methyl sites for hydroxylation is 1. The molecule has 1 aliphatic rings. The monoisotopic (exact) mass is 451 g/mol. The van der Waals surface area contributed by atoms with Crippen LogP contribution >= 0.6 is 11.8 Å². The fraction of sp³-hybridized carbons (Fsp3) is 0.304. The molecule has 8 nitrogen and oxygen atoms in total. The summed E-state index contributed by atoms with van der Waals surface area (Å²) in [6.45, 7) is 5.89. The van der Waals surface area contributed by atoms with Crippen molar-refractivity contribution in [2.24, 2.45) is 7.05 Å². The molecule has 1 unspecified atom stereocenters. The van der Waals surface area contributed by atoms with Crippen molar-refractivity contribution in [3.63, 3.8) is 0 Å². The van der Waals surface area contributed by atoms with E-state index in [0.717, 1.165) is 16.8 Å². The Morgan fingerprint density at radius 2 is 1.97 bits per heavy atom. The summed E-state index contributed by atoms with van der Waals surface area (Å²) in [6.07, 6.45) is 0. The van der Waals surface area contributed by atoms with Crippen molar-refractivity contribution in [1.29, 1.82) is 0 Å². The third-order valence-electron chi connectivity index (χ3n) is 5.59. The molecule has 4 rings (SSSR count). The van der Waals surface area contributed by atoms with Crippen LogP contribution in [0.1, 0.15) is 29.9 Å². The molecule has 2 heterocycles. The Balaban J connectivity index is 1.46. The Bertz CT molecular complexity index is 1180. The van der Waals surface area contributed by atoms with E-state index in [9.17, 15) is 9.59 Å². The van der Waals surface area contributed by atoms with Crippen LogP contribution in [0.2, 0.25) is 0 Å². The fourth-order valence-corrected chi connectivity index (χ4v) is 4.40. The highest BCUT2D eigenvalue weighted by Gasteiger charge is 2.32. The Morgan fingerprint density at radius 3 is 2.78 bits per heavy atom. The number of carbonyl (C=O) groups excluding carboxylic acids is 2. The number of thioether (sulfide) groups is 1. The highest BCUT2D eigenvalue weighted by atomic mass is 32.2. The Hall–Kier alpha value is -3.33. The van der Waals surface area contributed by atoms with Crippen molar-refractivity contribution in [2.75, 3.05) is 22.6 Å². The molecule has 1 aliphatic heterocycles. The van der Waals surface area contributed by atoms with Crippen LogP contribution in [0.15, 0.2) is 47.6 Å². The molecule has 32 heavy (non-hydrogen) atoms. The maximum atomic E-state index is 12.6. The fourth-order valence-electron chi connectivity index (χ4n) is 3.68. The topological polar surface area (TPSA) is 89.3 Å². The van der Waals surface area contributed by atoms with Crippen LogP contribution in [0.3, 0.4) is 0 Å². The lowest BCUT2D eigenvalue weighted by Gasteiger charge is -2.33. The zero-order valence-electron chi connectivity index (χ0n) is 18.5. The number of hydrogen-bond acceptors (Lipinski definition) is 6. The van der Waals surface area contributed by atoms with Crippen molar-refractivity contribution >= 4 is 35.0 Å². The molecule has 0 radical (unpaired) electrons. The zero-order valence-corrected chi connectivity index (χ0v) is 19.3. The average Bonchev–Trinajstić information content (AvgIpc) is 3.15. The predicted octanol–water partition coefficient (Wildman–Crippen LogP) is 3.65. The third kappa shape index (κ3) is 4.20. The minimum atomic E-state index is -0.344. The van der Waals surface area contributed by atoms with Gasteiger partial charge in [-0.3, -0.25) is 14.5 Å². The van der Waals surface area contributed by atoms with Gasteiger partial charge in [0.2, 0.25) is 5.91 Å². The quantitative estimate of drug-likeness (QED) is 0.576. The van der Waals surface area contributed by atoms with E-state index in [0.29, 0.717) is 22.4 Å².